The first-order chi connectivity index (χ1) is 9.06. The molecule has 8 heteroatoms. The number of carbonyl (C=O) groups is 1. The van der Waals surface area contributed by atoms with E-state index in [0.29, 0.717) is 12.4 Å². The Morgan fingerprint density at radius 3 is 3.00 bits per heavy atom. The molecule has 2 aromatic heterocycles. The smallest absolute Gasteiger partial charge is 0.315 e. The summed E-state index contributed by atoms with van der Waals surface area (Å²) in [6, 6.07) is 1.57. The fraction of sp³-hybridized carbons (Fsp3) is 0.364. The molecule has 102 valence electrons. The van der Waals surface area contributed by atoms with Crippen LogP contribution < -0.4 is 10.6 Å². The van der Waals surface area contributed by atoms with Gasteiger partial charge >= 0.3 is 6.03 Å². The van der Waals surface area contributed by atoms with E-state index in [1.807, 2.05) is 25.4 Å². The maximum Gasteiger partial charge on any atom is 0.315 e. The number of nitrogens with one attached hydrogen (secondary N) is 2. The van der Waals surface area contributed by atoms with Crippen molar-refractivity contribution in [3.63, 3.8) is 0 Å². The summed E-state index contributed by atoms with van der Waals surface area (Å²) in [5.74, 6) is 0.716. The molecule has 2 aromatic rings. The number of urea groups is 1. The Balaban J connectivity index is 1.83. The first kappa shape index (κ1) is 14.0. The molecule has 1 atom stereocenters. The first-order valence-corrected chi connectivity index (χ1v) is 7.34. The van der Waals surface area contributed by atoms with Crippen LogP contribution in [0.1, 0.15) is 24.4 Å². The summed E-state index contributed by atoms with van der Waals surface area (Å²) in [5.41, 5.74) is 1.07. The third kappa shape index (κ3) is 3.77. The molecule has 0 radical (unpaired) electrons. The Kier molecular flexibility index (Phi) is 4.54. The zero-order valence-corrected chi connectivity index (χ0v) is 13.0. The number of amides is 2. The van der Waals surface area contributed by atoms with Crippen LogP contribution in [0.3, 0.4) is 0 Å². The summed E-state index contributed by atoms with van der Waals surface area (Å²) in [6.45, 7) is 2.37. The monoisotopic (exact) mass is 343 g/mol. The minimum atomic E-state index is -0.224. The lowest BCUT2D eigenvalue weighted by Gasteiger charge is -2.13. The average molecular weight is 344 g/mol. The van der Waals surface area contributed by atoms with Gasteiger partial charge in [0.05, 0.1) is 9.83 Å². The van der Waals surface area contributed by atoms with Gasteiger partial charge in [-0.25, -0.2) is 4.79 Å². The predicted molar refractivity (Wildman–Crippen MR) is 76.8 cm³/mol. The summed E-state index contributed by atoms with van der Waals surface area (Å²) in [5, 5.41) is 15.4. The van der Waals surface area contributed by atoms with Gasteiger partial charge < -0.3 is 15.2 Å². The van der Waals surface area contributed by atoms with E-state index in [-0.39, 0.29) is 12.1 Å². The number of hydrogen-bond donors (Lipinski definition) is 2. The highest BCUT2D eigenvalue weighted by atomic mass is 79.9. The average Bonchev–Trinajstić information content (AvgIpc) is 2.95. The topological polar surface area (TPSA) is 71.8 Å². The predicted octanol–water partition coefficient (Wildman–Crippen LogP) is 2.20. The molecule has 19 heavy (non-hydrogen) atoms. The normalized spacial score (nSPS) is 12.2. The van der Waals surface area contributed by atoms with Crippen molar-refractivity contribution >= 4 is 33.3 Å². The fourth-order valence-electron chi connectivity index (χ4n) is 1.62. The van der Waals surface area contributed by atoms with Gasteiger partial charge in [-0.2, -0.15) is 0 Å². The highest BCUT2D eigenvalue weighted by molar-refractivity contribution is 9.11. The largest absolute Gasteiger partial charge is 0.334 e. The van der Waals surface area contributed by atoms with Crippen LogP contribution in [0.25, 0.3) is 0 Å². The molecule has 0 fully saturated rings. The number of rotatable bonds is 4. The molecule has 0 spiro atoms. The number of hydrogen-bond acceptors (Lipinski definition) is 4. The lowest BCUT2D eigenvalue weighted by atomic mass is 10.3. The molecule has 2 amide bonds. The lowest BCUT2D eigenvalue weighted by Crippen LogP contribution is -2.37. The molecule has 0 saturated heterocycles. The number of carbonyl (C=O) groups excluding carboxylic acids is 1. The van der Waals surface area contributed by atoms with Gasteiger partial charge in [-0.15, -0.1) is 21.5 Å². The van der Waals surface area contributed by atoms with Crippen LogP contribution in [-0.2, 0) is 13.6 Å². The molecule has 0 aliphatic carbocycles. The fourth-order valence-corrected chi connectivity index (χ4v) is 2.83. The van der Waals surface area contributed by atoms with Crippen molar-refractivity contribution in [2.75, 3.05) is 0 Å². The number of nitrogens with zero attached hydrogens (tertiary/aromatic N) is 3. The van der Waals surface area contributed by atoms with E-state index in [9.17, 15) is 4.79 Å². The SMILES string of the molecule is CC(NC(=O)NCc1csc(Br)c1)c1nncn1C. The van der Waals surface area contributed by atoms with Gasteiger partial charge in [0.1, 0.15) is 6.33 Å². The highest BCUT2D eigenvalue weighted by Crippen LogP contribution is 2.20. The standard InChI is InChI=1S/C11H14BrN5OS/c1-7(10-16-14-6-17(10)2)15-11(18)13-4-8-3-9(12)19-5-8/h3,5-7H,4H2,1-2H3,(H2,13,15,18). The minimum Gasteiger partial charge on any atom is -0.334 e. The van der Waals surface area contributed by atoms with Crippen molar-refractivity contribution in [3.8, 4) is 0 Å². The highest BCUT2D eigenvalue weighted by Gasteiger charge is 2.13. The molecule has 2 rings (SSSR count). The zero-order valence-electron chi connectivity index (χ0n) is 10.6. The number of thiophene rings is 1. The molecule has 0 saturated carbocycles. The van der Waals surface area contributed by atoms with Crippen molar-refractivity contribution in [1.29, 1.82) is 0 Å². The van der Waals surface area contributed by atoms with Crippen LogP contribution in [0.4, 0.5) is 4.79 Å². The summed E-state index contributed by atoms with van der Waals surface area (Å²) in [4.78, 5) is 11.8. The molecule has 2 N–H and O–H groups in total. The van der Waals surface area contributed by atoms with E-state index in [2.05, 4.69) is 36.8 Å². The second-order valence-electron chi connectivity index (χ2n) is 4.11. The van der Waals surface area contributed by atoms with Crippen molar-refractivity contribution in [2.24, 2.45) is 7.05 Å². The van der Waals surface area contributed by atoms with Gasteiger partial charge in [-0.3, -0.25) is 0 Å². The van der Waals surface area contributed by atoms with Crippen LogP contribution in [0.15, 0.2) is 21.6 Å². The van der Waals surface area contributed by atoms with Crippen LogP contribution >= 0.6 is 27.3 Å². The Labute approximate surface area is 123 Å². The molecular weight excluding hydrogens is 330 g/mol. The first-order valence-electron chi connectivity index (χ1n) is 5.67. The van der Waals surface area contributed by atoms with Crippen molar-refractivity contribution in [2.45, 2.75) is 19.5 Å². The second-order valence-corrected chi connectivity index (χ2v) is 6.40. The number of halogens is 1. The molecule has 2 heterocycles. The Bertz CT molecular complexity index is 567. The van der Waals surface area contributed by atoms with Crippen LogP contribution in [-0.4, -0.2) is 20.8 Å². The summed E-state index contributed by atoms with van der Waals surface area (Å²) in [6.07, 6.45) is 1.61. The van der Waals surface area contributed by atoms with E-state index < -0.39 is 0 Å². The van der Waals surface area contributed by atoms with Crippen molar-refractivity contribution < 1.29 is 4.79 Å². The molecule has 0 aromatic carbocycles. The van der Waals surface area contributed by atoms with Crippen LogP contribution in [0.5, 0.6) is 0 Å². The molecule has 0 aliphatic rings. The van der Waals surface area contributed by atoms with Gasteiger partial charge in [0.15, 0.2) is 5.82 Å². The van der Waals surface area contributed by atoms with Crippen LogP contribution in [0.2, 0.25) is 0 Å². The quantitative estimate of drug-likeness (QED) is 0.893. The summed E-state index contributed by atoms with van der Waals surface area (Å²) < 4.78 is 2.83. The third-order valence-corrected chi connectivity index (χ3v) is 4.11. The van der Waals surface area contributed by atoms with Crippen LogP contribution in [0, 0.1) is 0 Å². The van der Waals surface area contributed by atoms with Gasteiger partial charge in [0, 0.05) is 13.6 Å². The van der Waals surface area contributed by atoms with Gasteiger partial charge in [-0.1, -0.05) is 0 Å². The molecule has 0 bridgehead atoms. The van der Waals surface area contributed by atoms with Crippen molar-refractivity contribution in [3.05, 3.63) is 32.9 Å². The molecule has 1 unspecified atom stereocenters. The maximum absolute atomic E-state index is 11.8. The Morgan fingerprint density at radius 2 is 2.42 bits per heavy atom. The van der Waals surface area contributed by atoms with Crippen molar-refractivity contribution in [1.82, 2.24) is 25.4 Å². The van der Waals surface area contributed by atoms with Gasteiger partial charge in [-0.05, 0) is 39.9 Å². The number of aromatic nitrogens is 3. The van der Waals surface area contributed by atoms with E-state index in [4.69, 9.17) is 0 Å². The molecule has 0 aliphatic heterocycles. The molecular formula is C11H14BrN5OS. The summed E-state index contributed by atoms with van der Waals surface area (Å²) in [7, 11) is 1.84. The van der Waals surface area contributed by atoms with E-state index in [0.717, 1.165) is 9.35 Å². The van der Waals surface area contributed by atoms with E-state index in [1.165, 1.54) is 0 Å². The second kappa shape index (κ2) is 6.16. The van der Waals surface area contributed by atoms with Gasteiger partial charge in [0.2, 0.25) is 0 Å². The maximum atomic E-state index is 11.8. The number of aryl methyl sites for hydroxylation is 1. The van der Waals surface area contributed by atoms with Gasteiger partial charge in [0.25, 0.3) is 0 Å². The lowest BCUT2D eigenvalue weighted by molar-refractivity contribution is 0.237. The zero-order chi connectivity index (χ0) is 13.8. The van der Waals surface area contributed by atoms with E-state index in [1.54, 1.807) is 22.2 Å². The third-order valence-electron chi connectivity index (χ3n) is 2.56. The minimum absolute atomic E-state index is 0.193. The Morgan fingerprint density at radius 1 is 1.63 bits per heavy atom. The molecule has 6 nitrogen and oxygen atoms in total. The Hall–Kier alpha value is -1.41. The van der Waals surface area contributed by atoms with E-state index >= 15 is 0 Å². The summed E-state index contributed by atoms with van der Waals surface area (Å²) >= 11 is 4.98.